The van der Waals surface area contributed by atoms with Crippen LogP contribution < -0.4 is 4.74 Å². The van der Waals surface area contributed by atoms with Gasteiger partial charge in [0.2, 0.25) is 0 Å². The number of hydrogen-bond donors (Lipinski definition) is 0. The minimum atomic E-state index is -0.0821. The molecule has 31 heavy (non-hydrogen) atoms. The van der Waals surface area contributed by atoms with Crippen LogP contribution in [0.3, 0.4) is 0 Å². The number of hydrogen-bond acceptors (Lipinski definition) is 5. The Morgan fingerprint density at radius 3 is 2.55 bits per heavy atom. The highest BCUT2D eigenvalue weighted by molar-refractivity contribution is 6.33. The molecular formula is C23H25ClN4O3. The minimum absolute atomic E-state index is 0.0821. The quantitative estimate of drug-likeness (QED) is 0.607. The summed E-state index contributed by atoms with van der Waals surface area (Å²) in [5.41, 5.74) is 5.35. The molecule has 0 saturated carbocycles. The molecule has 0 bridgehead atoms. The number of amides is 1. The molecule has 1 aliphatic rings. The smallest absolute Gasteiger partial charge is 0.257 e. The van der Waals surface area contributed by atoms with Crippen molar-refractivity contribution in [3.05, 3.63) is 63.8 Å². The van der Waals surface area contributed by atoms with Gasteiger partial charge in [0.15, 0.2) is 0 Å². The number of methoxy groups -OCH3 is 1. The van der Waals surface area contributed by atoms with Crippen molar-refractivity contribution in [1.82, 2.24) is 19.9 Å². The average Bonchev–Trinajstić information content (AvgIpc) is 3.23. The lowest BCUT2D eigenvalue weighted by molar-refractivity contribution is 0.0301. The van der Waals surface area contributed by atoms with Crippen LogP contribution in [0.2, 0.25) is 5.02 Å². The zero-order valence-electron chi connectivity index (χ0n) is 17.9. The Kier molecular flexibility index (Phi) is 6.25. The summed E-state index contributed by atoms with van der Waals surface area (Å²) in [7, 11) is 3.39. The van der Waals surface area contributed by atoms with Crippen LogP contribution in [0.25, 0.3) is 11.3 Å². The van der Waals surface area contributed by atoms with Gasteiger partial charge in [-0.3, -0.25) is 9.48 Å². The maximum Gasteiger partial charge on any atom is 0.257 e. The first-order valence-corrected chi connectivity index (χ1v) is 10.5. The topological polar surface area (TPSA) is 69.5 Å². The fraction of sp³-hybridized carbons (Fsp3) is 0.348. The second kappa shape index (κ2) is 9.08. The van der Waals surface area contributed by atoms with Crippen LogP contribution in [0.1, 0.15) is 27.0 Å². The molecule has 3 aromatic rings. The van der Waals surface area contributed by atoms with Gasteiger partial charge in [0.25, 0.3) is 5.91 Å². The van der Waals surface area contributed by atoms with E-state index < -0.39 is 0 Å². The Labute approximate surface area is 186 Å². The number of nitrogens with zero attached hydrogens (tertiary/aromatic N) is 4. The van der Waals surface area contributed by atoms with E-state index in [9.17, 15) is 4.79 Å². The highest BCUT2D eigenvalue weighted by Gasteiger charge is 2.25. The molecular weight excluding hydrogens is 416 g/mol. The molecule has 0 atom stereocenters. The molecule has 1 saturated heterocycles. The first-order chi connectivity index (χ1) is 15.0. The molecule has 4 rings (SSSR count). The predicted octanol–water partition coefficient (Wildman–Crippen LogP) is 3.52. The molecule has 0 unspecified atom stereocenters. The molecule has 1 aliphatic heterocycles. The molecule has 162 valence electrons. The SMILES string of the molecule is COc1c(C(=O)N2CCOCC2)cc(Cc2ccc(-c3cn(C)nn3)cc2)c(C)c1Cl. The molecule has 0 N–H and O–H groups in total. The number of aromatic nitrogens is 3. The van der Waals surface area contributed by atoms with Crippen LogP contribution in [-0.4, -0.2) is 59.2 Å². The predicted molar refractivity (Wildman–Crippen MR) is 119 cm³/mol. The Bertz CT molecular complexity index is 1090. The van der Waals surface area contributed by atoms with Gasteiger partial charge in [0, 0.05) is 25.7 Å². The van der Waals surface area contributed by atoms with E-state index >= 15 is 0 Å². The van der Waals surface area contributed by atoms with E-state index in [1.807, 2.05) is 38.4 Å². The van der Waals surface area contributed by atoms with Gasteiger partial charge in [-0.2, -0.15) is 0 Å². The Morgan fingerprint density at radius 1 is 1.23 bits per heavy atom. The second-order valence-corrected chi connectivity index (χ2v) is 7.99. The van der Waals surface area contributed by atoms with Gasteiger partial charge in [0.1, 0.15) is 11.4 Å². The van der Waals surface area contributed by atoms with Gasteiger partial charge in [-0.05, 0) is 36.1 Å². The van der Waals surface area contributed by atoms with Gasteiger partial charge in [-0.25, -0.2) is 0 Å². The molecule has 1 aromatic heterocycles. The number of ether oxygens (including phenoxy) is 2. The highest BCUT2D eigenvalue weighted by atomic mass is 35.5. The molecule has 0 aliphatic carbocycles. The molecule has 7 nitrogen and oxygen atoms in total. The van der Waals surface area contributed by atoms with Crippen molar-refractivity contribution in [2.75, 3.05) is 33.4 Å². The summed E-state index contributed by atoms with van der Waals surface area (Å²) in [4.78, 5) is 15.0. The van der Waals surface area contributed by atoms with Crippen LogP contribution in [0.15, 0.2) is 36.5 Å². The normalized spacial score (nSPS) is 14.0. The largest absolute Gasteiger partial charge is 0.494 e. The lowest BCUT2D eigenvalue weighted by Gasteiger charge is -2.28. The van der Waals surface area contributed by atoms with Crippen molar-refractivity contribution >= 4 is 17.5 Å². The second-order valence-electron chi connectivity index (χ2n) is 7.61. The number of carbonyl (C=O) groups is 1. The first kappa shape index (κ1) is 21.3. The molecule has 1 fully saturated rings. The summed E-state index contributed by atoms with van der Waals surface area (Å²) in [5, 5.41) is 8.61. The van der Waals surface area contributed by atoms with Crippen molar-refractivity contribution in [3.63, 3.8) is 0 Å². The minimum Gasteiger partial charge on any atom is -0.494 e. The summed E-state index contributed by atoms with van der Waals surface area (Å²) in [6, 6.07) is 10.1. The molecule has 2 heterocycles. The van der Waals surface area contributed by atoms with E-state index in [1.54, 1.807) is 16.7 Å². The molecule has 8 heteroatoms. The Balaban J connectivity index is 1.63. The lowest BCUT2D eigenvalue weighted by Crippen LogP contribution is -2.40. The molecule has 0 spiro atoms. The highest BCUT2D eigenvalue weighted by Crippen LogP contribution is 2.36. The molecule has 1 amide bonds. The summed E-state index contributed by atoms with van der Waals surface area (Å²) in [5.74, 6) is 0.346. The summed E-state index contributed by atoms with van der Waals surface area (Å²) in [6.07, 6.45) is 2.53. The van der Waals surface area contributed by atoms with E-state index in [4.69, 9.17) is 21.1 Å². The van der Waals surface area contributed by atoms with Gasteiger partial charge >= 0.3 is 0 Å². The van der Waals surface area contributed by atoms with Gasteiger partial charge < -0.3 is 14.4 Å². The Morgan fingerprint density at radius 2 is 1.94 bits per heavy atom. The van der Waals surface area contributed by atoms with Crippen LogP contribution in [0.4, 0.5) is 0 Å². The van der Waals surface area contributed by atoms with Crippen molar-refractivity contribution in [2.45, 2.75) is 13.3 Å². The van der Waals surface area contributed by atoms with Gasteiger partial charge in [-0.15, -0.1) is 5.10 Å². The fourth-order valence-corrected chi connectivity index (χ4v) is 4.05. The van der Waals surface area contributed by atoms with Crippen molar-refractivity contribution in [1.29, 1.82) is 0 Å². The number of rotatable bonds is 5. The Hall–Kier alpha value is -2.90. The van der Waals surface area contributed by atoms with Gasteiger partial charge in [-0.1, -0.05) is 41.1 Å². The van der Waals surface area contributed by atoms with Crippen LogP contribution in [-0.2, 0) is 18.2 Å². The third-order valence-electron chi connectivity index (χ3n) is 5.55. The van der Waals surface area contributed by atoms with Gasteiger partial charge in [0.05, 0.1) is 37.1 Å². The third-order valence-corrected chi connectivity index (χ3v) is 6.01. The maximum absolute atomic E-state index is 13.2. The molecule has 2 aromatic carbocycles. The summed E-state index contributed by atoms with van der Waals surface area (Å²) >= 11 is 6.62. The third kappa shape index (κ3) is 4.43. The first-order valence-electron chi connectivity index (χ1n) is 10.2. The maximum atomic E-state index is 13.2. The van der Waals surface area contributed by atoms with Crippen LogP contribution in [0, 0.1) is 6.92 Å². The van der Waals surface area contributed by atoms with Crippen LogP contribution >= 0.6 is 11.6 Å². The lowest BCUT2D eigenvalue weighted by atomic mass is 9.96. The van der Waals surface area contributed by atoms with E-state index in [0.717, 1.165) is 27.9 Å². The van der Waals surface area contributed by atoms with E-state index in [2.05, 4.69) is 22.4 Å². The summed E-state index contributed by atoms with van der Waals surface area (Å²) < 4.78 is 12.6. The van der Waals surface area contributed by atoms with Crippen molar-refractivity contribution < 1.29 is 14.3 Å². The number of benzene rings is 2. The zero-order chi connectivity index (χ0) is 22.0. The average molecular weight is 441 g/mol. The summed E-state index contributed by atoms with van der Waals surface area (Å²) in [6.45, 7) is 4.16. The fourth-order valence-electron chi connectivity index (χ4n) is 3.75. The number of morpholine rings is 1. The van der Waals surface area contributed by atoms with Crippen molar-refractivity contribution in [2.24, 2.45) is 7.05 Å². The zero-order valence-corrected chi connectivity index (χ0v) is 18.6. The monoisotopic (exact) mass is 440 g/mol. The molecule has 0 radical (unpaired) electrons. The van der Waals surface area contributed by atoms with Crippen molar-refractivity contribution in [3.8, 4) is 17.0 Å². The van der Waals surface area contributed by atoms with Crippen LogP contribution in [0.5, 0.6) is 5.75 Å². The number of carbonyl (C=O) groups excluding carboxylic acids is 1. The number of halogens is 1. The number of aryl methyl sites for hydroxylation is 1. The van der Waals surface area contributed by atoms with E-state index in [-0.39, 0.29) is 5.91 Å². The standard InChI is InChI=1S/C23H25ClN4O3/c1-15-18(12-16-4-6-17(7-5-16)20-14-27(2)26-25-20)13-19(22(30-3)21(15)24)23(29)28-8-10-31-11-9-28/h4-7,13-14H,8-12H2,1-3H3. The van der Waals surface area contributed by atoms with E-state index in [0.29, 0.717) is 49.1 Å². The van der Waals surface area contributed by atoms with E-state index in [1.165, 1.54) is 0 Å².